The van der Waals surface area contributed by atoms with E-state index >= 15 is 0 Å². The van der Waals surface area contributed by atoms with Crippen LogP contribution in [0.2, 0.25) is 5.02 Å². The van der Waals surface area contributed by atoms with Crippen LogP contribution >= 0.6 is 11.6 Å². The first-order valence-corrected chi connectivity index (χ1v) is 7.08. The standard InChI is InChI=1S/C15H22ClN/c1-3-8-17-15(9-12-5-6-12)13-7-4-11(2)14(16)10-13/h4,7,10,12,15,17H,3,5-6,8-9H2,1-2H3. The fourth-order valence-electron chi connectivity index (χ4n) is 2.17. The normalized spacial score (nSPS) is 17.1. The molecule has 0 saturated heterocycles. The summed E-state index contributed by atoms with van der Waals surface area (Å²) >= 11 is 6.22. The van der Waals surface area contributed by atoms with Gasteiger partial charge in [-0.2, -0.15) is 0 Å². The Hall–Kier alpha value is -0.530. The van der Waals surface area contributed by atoms with Crippen LogP contribution in [0.3, 0.4) is 0 Å². The van der Waals surface area contributed by atoms with Gasteiger partial charge in [-0.1, -0.05) is 43.5 Å². The minimum atomic E-state index is 0.487. The van der Waals surface area contributed by atoms with Crippen LogP contribution < -0.4 is 5.32 Å². The fraction of sp³-hybridized carbons (Fsp3) is 0.600. The highest BCUT2D eigenvalue weighted by molar-refractivity contribution is 6.31. The molecule has 17 heavy (non-hydrogen) atoms. The van der Waals surface area contributed by atoms with Crippen LogP contribution in [0.15, 0.2) is 18.2 Å². The van der Waals surface area contributed by atoms with Crippen molar-refractivity contribution < 1.29 is 0 Å². The molecule has 1 N–H and O–H groups in total. The average Bonchev–Trinajstić information content (AvgIpc) is 3.12. The van der Waals surface area contributed by atoms with Crippen molar-refractivity contribution in [3.63, 3.8) is 0 Å². The van der Waals surface area contributed by atoms with Crippen molar-refractivity contribution in [2.24, 2.45) is 5.92 Å². The Kier molecular flexibility index (Phi) is 4.47. The minimum Gasteiger partial charge on any atom is -0.310 e. The lowest BCUT2D eigenvalue weighted by molar-refractivity contribution is 0.474. The third-order valence-electron chi connectivity index (χ3n) is 3.50. The molecule has 1 unspecified atom stereocenters. The molecular formula is C15H22ClN. The van der Waals surface area contributed by atoms with Gasteiger partial charge < -0.3 is 5.32 Å². The summed E-state index contributed by atoms with van der Waals surface area (Å²) in [7, 11) is 0. The molecule has 1 fully saturated rings. The first-order valence-electron chi connectivity index (χ1n) is 6.70. The van der Waals surface area contributed by atoms with E-state index in [1.807, 2.05) is 0 Å². The second-order valence-electron chi connectivity index (χ2n) is 5.19. The first kappa shape index (κ1) is 12.9. The van der Waals surface area contributed by atoms with Gasteiger partial charge in [-0.25, -0.2) is 0 Å². The summed E-state index contributed by atoms with van der Waals surface area (Å²) in [5, 5.41) is 4.54. The molecule has 94 valence electrons. The highest BCUT2D eigenvalue weighted by Crippen LogP contribution is 2.38. The van der Waals surface area contributed by atoms with Crippen molar-refractivity contribution in [1.82, 2.24) is 5.32 Å². The van der Waals surface area contributed by atoms with Crippen molar-refractivity contribution in [3.05, 3.63) is 34.3 Å². The van der Waals surface area contributed by atoms with Crippen LogP contribution in [0.4, 0.5) is 0 Å². The quantitative estimate of drug-likeness (QED) is 0.786. The molecule has 0 amide bonds. The van der Waals surface area contributed by atoms with Crippen LogP contribution in [-0.4, -0.2) is 6.54 Å². The molecule has 2 rings (SSSR count). The summed E-state index contributed by atoms with van der Waals surface area (Å²) in [5.41, 5.74) is 2.51. The van der Waals surface area contributed by atoms with Crippen molar-refractivity contribution >= 4 is 11.6 Å². The number of rotatable bonds is 6. The Balaban J connectivity index is 2.08. The van der Waals surface area contributed by atoms with Gasteiger partial charge in [-0.15, -0.1) is 0 Å². The first-order chi connectivity index (χ1) is 8.20. The molecule has 1 aliphatic rings. The molecule has 2 heteroatoms. The van der Waals surface area contributed by atoms with Gasteiger partial charge in [0.1, 0.15) is 0 Å². The average molecular weight is 252 g/mol. The van der Waals surface area contributed by atoms with E-state index in [2.05, 4.69) is 37.4 Å². The van der Waals surface area contributed by atoms with Gasteiger partial charge in [0.2, 0.25) is 0 Å². The Morgan fingerprint density at radius 3 is 2.76 bits per heavy atom. The molecule has 1 aromatic rings. The van der Waals surface area contributed by atoms with E-state index in [4.69, 9.17) is 11.6 Å². The van der Waals surface area contributed by atoms with Crippen LogP contribution in [0.5, 0.6) is 0 Å². The highest BCUT2D eigenvalue weighted by atomic mass is 35.5. The SMILES string of the molecule is CCCNC(CC1CC1)c1ccc(C)c(Cl)c1. The maximum atomic E-state index is 6.22. The summed E-state index contributed by atoms with van der Waals surface area (Å²) in [6, 6.07) is 6.97. The third kappa shape index (κ3) is 3.72. The number of halogens is 1. The van der Waals surface area contributed by atoms with Crippen LogP contribution in [-0.2, 0) is 0 Å². The fourth-order valence-corrected chi connectivity index (χ4v) is 2.36. The summed E-state index contributed by atoms with van der Waals surface area (Å²) < 4.78 is 0. The van der Waals surface area contributed by atoms with E-state index < -0.39 is 0 Å². The smallest absolute Gasteiger partial charge is 0.0438 e. The monoisotopic (exact) mass is 251 g/mol. The molecule has 1 aliphatic carbocycles. The van der Waals surface area contributed by atoms with Gasteiger partial charge in [0.05, 0.1) is 0 Å². The van der Waals surface area contributed by atoms with Gasteiger partial charge in [0.25, 0.3) is 0 Å². The molecule has 0 bridgehead atoms. The van der Waals surface area contributed by atoms with Gasteiger partial charge in [-0.3, -0.25) is 0 Å². The predicted molar refractivity (Wildman–Crippen MR) is 74.6 cm³/mol. The molecule has 0 heterocycles. The molecular weight excluding hydrogens is 230 g/mol. The van der Waals surface area contributed by atoms with Gasteiger partial charge in [-0.05, 0) is 49.4 Å². The van der Waals surface area contributed by atoms with E-state index in [1.54, 1.807) is 0 Å². The van der Waals surface area contributed by atoms with Crippen molar-refractivity contribution in [2.75, 3.05) is 6.54 Å². The van der Waals surface area contributed by atoms with E-state index in [9.17, 15) is 0 Å². The zero-order chi connectivity index (χ0) is 12.3. The van der Waals surface area contributed by atoms with E-state index in [0.29, 0.717) is 6.04 Å². The van der Waals surface area contributed by atoms with Gasteiger partial charge in [0, 0.05) is 11.1 Å². The van der Waals surface area contributed by atoms with Crippen molar-refractivity contribution in [1.29, 1.82) is 0 Å². The lowest BCUT2D eigenvalue weighted by Crippen LogP contribution is -2.22. The number of hydrogen-bond acceptors (Lipinski definition) is 1. The molecule has 1 nitrogen and oxygen atoms in total. The topological polar surface area (TPSA) is 12.0 Å². The van der Waals surface area contributed by atoms with E-state index in [0.717, 1.165) is 23.0 Å². The third-order valence-corrected chi connectivity index (χ3v) is 3.91. The lowest BCUT2D eigenvalue weighted by atomic mass is 10.00. The van der Waals surface area contributed by atoms with E-state index in [1.165, 1.54) is 31.2 Å². The zero-order valence-corrected chi connectivity index (χ0v) is 11.6. The van der Waals surface area contributed by atoms with Crippen molar-refractivity contribution in [2.45, 2.75) is 45.6 Å². The minimum absolute atomic E-state index is 0.487. The molecule has 0 spiro atoms. The number of hydrogen-bond donors (Lipinski definition) is 1. The zero-order valence-electron chi connectivity index (χ0n) is 10.8. The largest absolute Gasteiger partial charge is 0.310 e. The molecule has 1 atom stereocenters. The molecule has 0 radical (unpaired) electrons. The van der Waals surface area contributed by atoms with Crippen molar-refractivity contribution in [3.8, 4) is 0 Å². The predicted octanol–water partition coefficient (Wildman–Crippen LogP) is 4.49. The molecule has 1 aromatic carbocycles. The Bertz CT molecular complexity index is 371. The second kappa shape index (κ2) is 5.88. The Labute approximate surface area is 110 Å². The summed E-state index contributed by atoms with van der Waals surface area (Å²) in [6.45, 7) is 5.35. The Morgan fingerprint density at radius 2 is 2.18 bits per heavy atom. The Morgan fingerprint density at radius 1 is 1.41 bits per heavy atom. The summed E-state index contributed by atoms with van der Waals surface area (Å²) in [4.78, 5) is 0. The van der Waals surface area contributed by atoms with Crippen LogP contribution in [0.25, 0.3) is 0 Å². The lowest BCUT2D eigenvalue weighted by Gasteiger charge is -2.19. The molecule has 0 aromatic heterocycles. The number of aryl methyl sites for hydroxylation is 1. The van der Waals surface area contributed by atoms with Gasteiger partial charge in [0.15, 0.2) is 0 Å². The van der Waals surface area contributed by atoms with Gasteiger partial charge >= 0.3 is 0 Å². The second-order valence-corrected chi connectivity index (χ2v) is 5.60. The number of benzene rings is 1. The maximum absolute atomic E-state index is 6.22. The molecule has 1 saturated carbocycles. The van der Waals surface area contributed by atoms with E-state index in [-0.39, 0.29) is 0 Å². The molecule has 0 aliphatic heterocycles. The summed E-state index contributed by atoms with van der Waals surface area (Å²) in [5.74, 6) is 0.935. The summed E-state index contributed by atoms with van der Waals surface area (Å²) in [6.07, 6.45) is 5.26. The highest BCUT2D eigenvalue weighted by Gasteiger charge is 2.26. The maximum Gasteiger partial charge on any atom is 0.0438 e. The van der Waals surface area contributed by atoms with Crippen LogP contribution in [0.1, 0.15) is 49.8 Å². The number of nitrogens with one attached hydrogen (secondary N) is 1. The van der Waals surface area contributed by atoms with Crippen LogP contribution in [0, 0.1) is 12.8 Å².